The van der Waals surface area contributed by atoms with Crippen molar-refractivity contribution in [1.29, 1.82) is 0 Å². The highest BCUT2D eigenvalue weighted by Gasteiger charge is 2.17. The summed E-state index contributed by atoms with van der Waals surface area (Å²) in [6.45, 7) is 2.81. The molecule has 0 amide bonds. The SMILES string of the molecule is C[C@@H](C[C@H]1C=C(N)NC1)Oc1ccc(F)c(Cl)c1. The van der Waals surface area contributed by atoms with Crippen molar-refractivity contribution in [3.63, 3.8) is 0 Å². The molecule has 0 radical (unpaired) electrons. The van der Waals surface area contributed by atoms with E-state index in [1.807, 2.05) is 13.0 Å². The zero-order valence-electron chi connectivity index (χ0n) is 10.1. The number of nitrogens with two attached hydrogens (primary N) is 1. The third kappa shape index (κ3) is 3.29. The number of hydrogen-bond donors (Lipinski definition) is 2. The van der Waals surface area contributed by atoms with Crippen molar-refractivity contribution >= 4 is 11.6 Å². The molecule has 2 rings (SSSR count). The van der Waals surface area contributed by atoms with E-state index in [1.54, 1.807) is 6.07 Å². The molecule has 1 aliphatic heterocycles. The molecule has 0 fully saturated rings. The molecule has 1 heterocycles. The third-order valence-corrected chi connectivity index (χ3v) is 3.14. The normalized spacial score (nSPS) is 20.2. The first-order chi connectivity index (χ1) is 8.54. The van der Waals surface area contributed by atoms with Crippen LogP contribution in [0.5, 0.6) is 5.75 Å². The molecule has 18 heavy (non-hydrogen) atoms. The average Bonchev–Trinajstić information content (AvgIpc) is 2.69. The fourth-order valence-corrected chi connectivity index (χ4v) is 2.20. The van der Waals surface area contributed by atoms with Crippen LogP contribution in [-0.2, 0) is 0 Å². The molecule has 0 bridgehead atoms. The topological polar surface area (TPSA) is 47.3 Å². The van der Waals surface area contributed by atoms with E-state index in [9.17, 15) is 4.39 Å². The van der Waals surface area contributed by atoms with E-state index < -0.39 is 5.82 Å². The summed E-state index contributed by atoms with van der Waals surface area (Å²) in [5.41, 5.74) is 5.64. The maximum atomic E-state index is 13.0. The zero-order valence-corrected chi connectivity index (χ0v) is 10.9. The molecule has 0 spiro atoms. The molecule has 1 aromatic rings. The number of hydrogen-bond acceptors (Lipinski definition) is 3. The van der Waals surface area contributed by atoms with Gasteiger partial charge in [-0.15, -0.1) is 0 Å². The smallest absolute Gasteiger partial charge is 0.142 e. The molecule has 1 aromatic carbocycles. The maximum absolute atomic E-state index is 13.0. The Labute approximate surface area is 111 Å². The molecular weight excluding hydrogens is 255 g/mol. The van der Waals surface area contributed by atoms with Gasteiger partial charge in [0.15, 0.2) is 0 Å². The van der Waals surface area contributed by atoms with Gasteiger partial charge in [0.2, 0.25) is 0 Å². The molecule has 1 aliphatic rings. The van der Waals surface area contributed by atoms with Crippen LogP contribution in [-0.4, -0.2) is 12.6 Å². The number of ether oxygens (including phenoxy) is 1. The lowest BCUT2D eigenvalue weighted by molar-refractivity contribution is 0.196. The lowest BCUT2D eigenvalue weighted by atomic mass is 10.0. The van der Waals surface area contributed by atoms with E-state index in [4.69, 9.17) is 22.1 Å². The Morgan fingerprint density at radius 2 is 2.39 bits per heavy atom. The molecule has 0 unspecified atom stereocenters. The van der Waals surface area contributed by atoms with Crippen LogP contribution in [0, 0.1) is 11.7 Å². The van der Waals surface area contributed by atoms with Crippen molar-refractivity contribution in [3.05, 3.63) is 40.9 Å². The fourth-order valence-electron chi connectivity index (χ4n) is 2.03. The molecule has 0 saturated carbocycles. The molecule has 0 aliphatic carbocycles. The van der Waals surface area contributed by atoms with Gasteiger partial charge in [0.05, 0.1) is 16.9 Å². The van der Waals surface area contributed by atoms with Crippen molar-refractivity contribution < 1.29 is 9.13 Å². The number of benzene rings is 1. The lowest BCUT2D eigenvalue weighted by Gasteiger charge is -2.17. The first-order valence-electron chi connectivity index (χ1n) is 5.87. The van der Waals surface area contributed by atoms with Crippen molar-refractivity contribution in [2.45, 2.75) is 19.4 Å². The van der Waals surface area contributed by atoms with Gasteiger partial charge in [-0.05, 0) is 31.6 Å². The molecule has 3 nitrogen and oxygen atoms in total. The van der Waals surface area contributed by atoms with Gasteiger partial charge in [0.25, 0.3) is 0 Å². The highest BCUT2D eigenvalue weighted by molar-refractivity contribution is 6.30. The van der Waals surface area contributed by atoms with Gasteiger partial charge < -0.3 is 15.8 Å². The zero-order chi connectivity index (χ0) is 13.1. The fraction of sp³-hybridized carbons (Fsp3) is 0.385. The maximum Gasteiger partial charge on any atom is 0.142 e. The van der Waals surface area contributed by atoms with Gasteiger partial charge in [0, 0.05) is 18.5 Å². The van der Waals surface area contributed by atoms with E-state index in [0.29, 0.717) is 11.7 Å². The van der Waals surface area contributed by atoms with Crippen molar-refractivity contribution in [2.24, 2.45) is 11.7 Å². The Kier molecular flexibility index (Phi) is 3.97. The summed E-state index contributed by atoms with van der Waals surface area (Å²) in [5.74, 6) is 1.23. The highest BCUT2D eigenvalue weighted by atomic mass is 35.5. The second kappa shape index (κ2) is 5.48. The Hall–Kier alpha value is -1.42. The van der Waals surface area contributed by atoms with Crippen LogP contribution in [0.2, 0.25) is 5.02 Å². The van der Waals surface area contributed by atoms with Gasteiger partial charge in [-0.3, -0.25) is 0 Å². The Morgan fingerprint density at radius 1 is 1.61 bits per heavy atom. The first-order valence-corrected chi connectivity index (χ1v) is 6.25. The van der Waals surface area contributed by atoms with Gasteiger partial charge in [-0.25, -0.2) is 4.39 Å². The van der Waals surface area contributed by atoms with E-state index in [2.05, 4.69) is 5.32 Å². The van der Waals surface area contributed by atoms with Gasteiger partial charge in [-0.1, -0.05) is 11.6 Å². The van der Waals surface area contributed by atoms with E-state index in [-0.39, 0.29) is 11.1 Å². The average molecular weight is 271 g/mol. The Bertz CT molecular complexity index is 464. The number of rotatable bonds is 4. The minimum absolute atomic E-state index is 0.0143. The molecule has 0 saturated heterocycles. The van der Waals surface area contributed by atoms with Crippen LogP contribution >= 0.6 is 11.6 Å². The monoisotopic (exact) mass is 270 g/mol. The summed E-state index contributed by atoms with van der Waals surface area (Å²) in [6.07, 6.45) is 2.86. The standard InChI is InChI=1S/C13H16ClFN2O/c1-8(4-9-5-13(16)17-7-9)18-10-2-3-12(15)11(14)6-10/h2-3,5-6,8-9,17H,4,7,16H2,1H3/t8-,9-/m0/s1. The predicted octanol–water partition coefficient (Wildman–Crippen LogP) is 2.66. The van der Waals surface area contributed by atoms with Gasteiger partial charge in [-0.2, -0.15) is 0 Å². The summed E-state index contributed by atoms with van der Waals surface area (Å²) < 4.78 is 18.7. The van der Waals surface area contributed by atoms with Crippen LogP contribution in [0.15, 0.2) is 30.1 Å². The van der Waals surface area contributed by atoms with Crippen LogP contribution in [0.4, 0.5) is 4.39 Å². The largest absolute Gasteiger partial charge is 0.491 e. The second-order valence-electron chi connectivity index (χ2n) is 4.50. The molecular formula is C13H16ClFN2O. The van der Waals surface area contributed by atoms with E-state index in [1.165, 1.54) is 12.1 Å². The van der Waals surface area contributed by atoms with Gasteiger partial charge in [0.1, 0.15) is 11.6 Å². The highest BCUT2D eigenvalue weighted by Crippen LogP contribution is 2.23. The third-order valence-electron chi connectivity index (χ3n) is 2.85. The van der Waals surface area contributed by atoms with Crippen LogP contribution in [0.25, 0.3) is 0 Å². The van der Waals surface area contributed by atoms with Crippen molar-refractivity contribution in [1.82, 2.24) is 5.32 Å². The molecule has 3 N–H and O–H groups in total. The van der Waals surface area contributed by atoms with Crippen LogP contribution < -0.4 is 15.8 Å². The van der Waals surface area contributed by atoms with Crippen LogP contribution in [0.3, 0.4) is 0 Å². The lowest BCUT2D eigenvalue weighted by Crippen LogP contribution is -2.21. The minimum atomic E-state index is -0.438. The molecule has 98 valence electrons. The number of halogens is 2. The van der Waals surface area contributed by atoms with Crippen molar-refractivity contribution in [2.75, 3.05) is 6.54 Å². The van der Waals surface area contributed by atoms with Crippen molar-refractivity contribution in [3.8, 4) is 5.75 Å². The summed E-state index contributed by atoms with van der Waals surface area (Å²) in [6, 6.07) is 4.37. The second-order valence-corrected chi connectivity index (χ2v) is 4.91. The predicted molar refractivity (Wildman–Crippen MR) is 69.9 cm³/mol. The first kappa shape index (κ1) is 13.0. The summed E-state index contributed by atoms with van der Waals surface area (Å²) in [4.78, 5) is 0. The van der Waals surface area contributed by atoms with E-state index >= 15 is 0 Å². The summed E-state index contributed by atoms with van der Waals surface area (Å²) in [5, 5.41) is 3.14. The van der Waals surface area contributed by atoms with Crippen LogP contribution in [0.1, 0.15) is 13.3 Å². The molecule has 2 atom stereocenters. The van der Waals surface area contributed by atoms with Gasteiger partial charge >= 0.3 is 0 Å². The Morgan fingerprint density at radius 3 is 3.00 bits per heavy atom. The summed E-state index contributed by atoms with van der Waals surface area (Å²) in [7, 11) is 0. The summed E-state index contributed by atoms with van der Waals surface area (Å²) >= 11 is 5.70. The molecule has 0 aromatic heterocycles. The Balaban J connectivity index is 1.90. The quantitative estimate of drug-likeness (QED) is 0.884. The number of nitrogens with one attached hydrogen (secondary N) is 1. The minimum Gasteiger partial charge on any atom is -0.491 e. The molecule has 5 heteroatoms. The van der Waals surface area contributed by atoms with E-state index in [0.717, 1.165) is 18.8 Å².